The Labute approximate surface area is 122 Å². The van der Waals surface area contributed by atoms with E-state index in [1.165, 1.54) is 24.3 Å². The highest BCUT2D eigenvalue weighted by Gasteiger charge is 2.23. The second-order valence-corrected chi connectivity index (χ2v) is 4.78. The zero-order valence-corrected chi connectivity index (χ0v) is 11.4. The first-order valence-electron chi connectivity index (χ1n) is 5.00. The Morgan fingerprint density at radius 1 is 1.05 bits per heavy atom. The van der Waals surface area contributed by atoms with Gasteiger partial charge in [-0.05, 0) is 12.1 Å². The van der Waals surface area contributed by atoms with Crippen LogP contribution >= 0.6 is 34.8 Å². The maximum atomic E-state index is 13.9. The van der Waals surface area contributed by atoms with Crippen LogP contribution in [-0.4, -0.2) is 4.92 Å². The third-order valence-electron chi connectivity index (χ3n) is 2.49. The quantitative estimate of drug-likeness (QED) is 0.424. The second kappa shape index (κ2) is 5.33. The summed E-state index contributed by atoms with van der Waals surface area (Å²) < 4.78 is 13.9. The van der Waals surface area contributed by atoms with E-state index in [1.54, 1.807) is 0 Å². The SMILES string of the molecule is O=[N+]([O-])c1cccc(F)c1-c1ccc(Cl)c(Cl)c1Cl. The van der Waals surface area contributed by atoms with E-state index in [2.05, 4.69) is 0 Å². The van der Waals surface area contributed by atoms with E-state index in [-0.39, 0.29) is 31.9 Å². The first kappa shape index (κ1) is 14.1. The molecule has 0 saturated heterocycles. The van der Waals surface area contributed by atoms with Crippen molar-refractivity contribution in [3.05, 3.63) is 61.3 Å². The van der Waals surface area contributed by atoms with Gasteiger partial charge in [-0.25, -0.2) is 4.39 Å². The fourth-order valence-electron chi connectivity index (χ4n) is 1.65. The van der Waals surface area contributed by atoms with Gasteiger partial charge in [0, 0.05) is 11.6 Å². The molecule has 0 aromatic heterocycles. The van der Waals surface area contributed by atoms with E-state index < -0.39 is 10.7 Å². The average molecular weight is 321 g/mol. The first-order chi connectivity index (χ1) is 8.93. The van der Waals surface area contributed by atoms with Crippen LogP contribution in [0.5, 0.6) is 0 Å². The highest BCUT2D eigenvalue weighted by molar-refractivity contribution is 6.49. The Bertz CT molecular complexity index is 676. The van der Waals surface area contributed by atoms with Gasteiger partial charge < -0.3 is 0 Å². The lowest BCUT2D eigenvalue weighted by atomic mass is 10.0. The summed E-state index contributed by atoms with van der Waals surface area (Å²) in [6.07, 6.45) is 0. The van der Waals surface area contributed by atoms with Crippen LogP contribution in [0, 0.1) is 15.9 Å². The Hall–Kier alpha value is -1.36. The number of hydrogen-bond acceptors (Lipinski definition) is 2. The van der Waals surface area contributed by atoms with Crippen LogP contribution < -0.4 is 0 Å². The van der Waals surface area contributed by atoms with Gasteiger partial charge in [0.2, 0.25) is 0 Å². The van der Waals surface area contributed by atoms with Crippen LogP contribution in [0.1, 0.15) is 0 Å². The Kier molecular flexibility index (Phi) is 3.94. The molecule has 0 saturated carbocycles. The molecule has 0 aliphatic carbocycles. The van der Waals surface area contributed by atoms with Crippen molar-refractivity contribution in [2.24, 2.45) is 0 Å². The maximum absolute atomic E-state index is 13.9. The van der Waals surface area contributed by atoms with Crippen molar-refractivity contribution in [2.75, 3.05) is 0 Å². The third kappa shape index (κ3) is 2.52. The highest BCUT2D eigenvalue weighted by Crippen LogP contribution is 2.42. The second-order valence-electron chi connectivity index (χ2n) is 3.61. The van der Waals surface area contributed by atoms with E-state index >= 15 is 0 Å². The van der Waals surface area contributed by atoms with Crippen molar-refractivity contribution in [1.82, 2.24) is 0 Å². The molecule has 0 atom stereocenters. The van der Waals surface area contributed by atoms with Gasteiger partial charge in [0.1, 0.15) is 5.82 Å². The smallest absolute Gasteiger partial charge is 0.258 e. The van der Waals surface area contributed by atoms with Gasteiger partial charge in [-0.3, -0.25) is 10.1 Å². The number of rotatable bonds is 2. The van der Waals surface area contributed by atoms with Crippen molar-refractivity contribution < 1.29 is 9.31 Å². The summed E-state index contributed by atoms with van der Waals surface area (Å²) in [5, 5.41) is 11.1. The molecule has 0 spiro atoms. The molecule has 0 radical (unpaired) electrons. The summed E-state index contributed by atoms with van der Waals surface area (Å²) in [5.41, 5.74) is -0.475. The largest absolute Gasteiger partial charge is 0.280 e. The van der Waals surface area contributed by atoms with E-state index in [0.29, 0.717) is 0 Å². The minimum absolute atomic E-state index is 0.0256. The molecule has 0 N–H and O–H groups in total. The van der Waals surface area contributed by atoms with Crippen LogP contribution in [0.3, 0.4) is 0 Å². The predicted octanol–water partition coefficient (Wildman–Crippen LogP) is 5.36. The van der Waals surface area contributed by atoms with Crippen molar-refractivity contribution in [2.45, 2.75) is 0 Å². The van der Waals surface area contributed by atoms with E-state index in [9.17, 15) is 14.5 Å². The standard InChI is InChI=1S/C12H5Cl3FNO2/c13-7-5-4-6(11(14)12(7)15)10-8(16)2-1-3-9(10)17(18)19/h1-5H. The Balaban J connectivity index is 2.79. The summed E-state index contributed by atoms with van der Waals surface area (Å²) in [6, 6.07) is 6.35. The van der Waals surface area contributed by atoms with Gasteiger partial charge in [0.15, 0.2) is 0 Å². The summed E-state index contributed by atoms with van der Waals surface area (Å²) in [4.78, 5) is 10.3. The van der Waals surface area contributed by atoms with Crippen molar-refractivity contribution in [3.8, 4) is 11.1 Å². The summed E-state index contributed by atoms with van der Waals surface area (Å²) >= 11 is 17.6. The lowest BCUT2D eigenvalue weighted by Crippen LogP contribution is -1.95. The molecule has 0 aliphatic heterocycles. The molecule has 0 aliphatic rings. The van der Waals surface area contributed by atoms with Crippen molar-refractivity contribution >= 4 is 40.5 Å². The molecule has 2 aromatic rings. The normalized spacial score (nSPS) is 10.5. The van der Waals surface area contributed by atoms with Gasteiger partial charge >= 0.3 is 0 Å². The number of nitro benzene ring substituents is 1. The molecule has 0 fully saturated rings. The van der Waals surface area contributed by atoms with Crippen LogP contribution in [-0.2, 0) is 0 Å². The third-order valence-corrected chi connectivity index (χ3v) is 3.79. The van der Waals surface area contributed by atoms with Gasteiger partial charge in [0.25, 0.3) is 5.69 Å². The number of hydrogen-bond donors (Lipinski definition) is 0. The van der Waals surface area contributed by atoms with Crippen LogP contribution in [0.2, 0.25) is 15.1 Å². The fourth-order valence-corrected chi connectivity index (χ4v) is 2.28. The number of nitro groups is 1. The molecular weight excluding hydrogens is 315 g/mol. The molecule has 0 unspecified atom stereocenters. The van der Waals surface area contributed by atoms with Gasteiger partial charge in [-0.1, -0.05) is 46.9 Å². The van der Waals surface area contributed by atoms with Crippen molar-refractivity contribution in [3.63, 3.8) is 0 Å². The minimum atomic E-state index is -0.755. The van der Waals surface area contributed by atoms with Crippen LogP contribution in [0.4, 0.5) is 10.1 Å². The molecule has 3 nitrogen and oxygen atoms in total. The minimum Gasteiger partial charge on any atom is -0.258 e. The van der Waals surface area contributed by atoms with Gasteiger partial charge in [0.05, 0.1) is 25.6 Å². The van der Waals surface area contributed by atoms with E-state index in [1.807, 2.05) is 0 Å². The number of halogens is 4. The van der Waals surface area contributed by atoms with Gasteiger partial charge in [-0.15, -0.1) is 0 Å². The molecule has 7 heteroatoms. The molecular formula is C12H5Cl3FNO2. The Morgan fingerprint density at radius 2 is 1.74 bits per heavy atom. The molecule has 0 heterocycles. The molecule has 98 valence electrons. The zero-order chi connectivity index (χ0) is 14.2. The fraction of sp³-hybridized carbons (Fsp3) is 0. The number of nitrogens with zero attached hydrogens (tertiary/aromatic N) is 1. The summed E-state index contributed by atoms with van der Waals surface area (Å²) in [5.74, 6) is -0.755. The lowest BCUT2D eigenvalue weighted by Gasteiger charge is -2.09. The van der Waals surface area contributed by atoms with Crippen LogP contribution in [0.15, 0.2) is 30.3 Å². The highest BCUT2D eigenvalue weighted by atomic mass is 35.5. The van der Waals surface area contributed by atoms with Crippen molar-refractivity contribution in [1.29, 1.82) is 0 Å². The van der Waals surface area contributed by atoms with Gasteiger partial charge in [-0.2, -0.15) is 0 Å². The number of benzene rings is 2. The average Bonchev–Trinajstić information content (AvgIpc) is 2.37. The molecule has 2 rings (SSSR count). The first-order valence-corrected chi connectivity index (χ1v) is 6.13. The van der Waals surface area contributed by atoms with E-state index in [0.717, 1.165) is 6.07 Å². The lowest BCUT2D eigenvalue weighted by molar-refractivity contribution is -0.384. The van der Waals surface area contributed by atoms with Crippen LogP contribution in [0.25, 0.3) is 11.1 Å². The van der Waals surface area contributed by atoms with E-state index in [4.69, 9.17) is 34.8 Å². The maximum Gasteiger partial charge on any atom is 0.280 e. The molecule has 2 aromatic carbocycles. The predicted molar refractivity (Wildman–Crippen MR) is 73.5 cm³/mol. The summed E-state index contributed by atoms with van der Waals surface area (Å²) in [7, 11) is 0. The molecule has 0 amide bonds. The monoisotopic (exact) mass is 319 g/mol. The zero-order valence-electron chi connectivity index (χ0n) is 9.16. The summed E-state index contributed by atoms with van der Waals surface area (Å²) in [6.45, 7) is 0. The molecule has 0 bridgehead atoms. The topological polar surface area (TPSA) is 43.1 Å². The molecule has 19 heavy (non-hydrogen) atoms. The Morgan fingerprint density at radius 3 is 2.37 bits per heavy atom.